The number of rotatable bonds is 7. The lowest BCUT2D eigenvalue weighted by atomic mass is 9.98. The molecule has 3 heterocycles. The molecule has 1 atom stereocenters. The maximum atomic E-state index is 12.9. The molecule has 1 amide bonds. The summed E-state index contributed by atoms with van der Waals surface area (Å²) in [4.78, 5) is 17.1. The second-order valence-corrected chi connectivity index (χ2v) is 10.0. The van der Waals surface area contributed by atoms with E-state index in [1.54, 1.807) is 6.08 Å². The van der Waals surface area contributed by atoms with Gasteiger partial charge in [-0.3, -0.25) is 10.2 Å². The highest BCUT2D eigenvalue weighted by atomic mass is 32.2. The summed E-state index contributed by atoms with van der Waals surface area (Å²) in [6, 6.07) is 10.7. The van der Waals surface area contributed by atoms with Crippen LogP contribution < -0.4 is 0 Å². The largest absolute Gasteiger partial charge is 0.318 e. The number of amides is 1. The first-order valence-corrected chi connectivity index (χ1v) is 12.9. The van der Waals surface area contributed by atoms with Crippen molar-refractivity contribution in [1.82, 2.24) is 9.58 Å². The number of aryl methyl sites for hydroxylation is 1. The normalized spacial score (nSPS) is 18.0. The lowest BCUT2D eigenvalue weighted by Crippen LogP contribution is -2.35. The van der Waals surface area contributed by atoms with Crippen LogP contribution in [-0.4, -0.2) is 31.5 Å². The van der Waals surface area contributed by atoms with E-state index < -0.39 is 0 Å². The standard InChI is InChI=1S/C27H33N5OS/c1-7-16(4)20-10-12-22(13-11-20)31-17(5)14-21(18(31)6)15-23-24(28)32-27(29-25(23)33)34-26(30-32)19(8-2)9-3/h10-16,19,28H,7-9H2,1-6H3. The molecule has 0 radical (unpaired) electrons. The van der Waals surface area contributed by atoms with Gasteiger partial charge in [0.05, 0.1) is 5.57 Å². The van der Waals surface area contributed by atoms with Crippen LogP contribution in [0.25, 0.3) is 11.8 Å². The Morgan fingerprint density at radius 2 is 1.76 bits per heavy atom. The van der Waals surface area contributed by atoms with E-state index in [9.17, 15) is 4.79 Å². The summed E-state index contributed by atoms with van der Waals surface area (Å²) < 4.78 is 2.19. The van der Waals surface area contributed by atoms with Crippen LogP contribution >= 0.6 is 11.8 Å². The van der Waals surface area contributed by atoms with E-state index in [1.165, 1.54) is 22.3 Å². The molecule has 1 aromatic heterocycles. The van der Waals surface area contributed by atoms with Gasteiger partial charge in [-0.1, -0.05) is 39.8 Å². The van der Waals surface area contributed by atoms with E-state index in [0.29, 0.717) is 17.0 Å². The molecule has 1 unspecified atom stereocenters. The molecule has 0 saturated carbocycles. The average Bonchev–Trinajstić information content (AvgIpc) is 3.37. The van der Waals surface area contributed by atoms with Crippen LogP contribution in [0.5, 0.6) is 0 Å². The molecule has 0 bridgehead atoms. The van der Waals surface area contributed by atoms with Crippen LogP contribution in [0.15, 0.2) is 46.0 Å². The third kappa shape index (κ3) is 4.29. The van der Waals surface area contributed by atoms with Crippen LogP contribution in [0.2, 0.25) is 0 Å². The summed E-state index contributed by atoms with van der Waals surface area (Å²) in [5.74, 6) is 0.560. The monoisotopic (exact) mass is 475 g/mol. The van der Waals surface area contributed by atoms with E-state index in [-0.39, 0.29) is 17.3 Å². The zero-order chi connectivity index (χ0) is 24.6. The molecule has 34 heavy (non-hydrogen) atoms. The third-order valence-electron chi connectivity index (χ3n) is 6.91. The average molecular weight is 476 g/mol. The van der Waals surface area contributed by atoms with E-state index >= 15 is 0 Å². The van der Waals surface area contributed by atoms with Gasteiger partial charge in [0.25, 0.3) is 5.91 Å². The Morgan fingerprint density at radius 3 is 2.38 bits per heavy atom. The predicted molar refractivity (Wildman–Crippen MR) is 143 cm³/mol. The molecule has 0 saturated heterocycles. The van der Waals surface area contributed by atoms with Gasteiger partial charge in [-0.05, 0) is 86.2 Å². The number of hydrogen-bond acceptors (Lipinski definition) is 4. The van der Waals surface area contributed by atoms with Gasteiger partial charge in [-0.25, -0.2) is 0 Å². The number of carbonyl (C=O) groups excluding carboxylic acids is 1. The Morgan fingerprint density at radius 1 is 1.09 bits per heavy atom. The summed E-state index contributed by atoms with van der Waals surface area (Å²) in [7, 11) is 0. The minimum Gasteiger partial charge on any atom is -0.318 e. The molecule has 1 N–H and O–H groups in total. The summed E-state index contributed by atoms with van der Waals surface area (Å²) >= 11 is 1.41. The van der Waals surface area contributed by atoms with Crippen molar-refractivity contribution in [2.45, 2.75) is 66.7 Å². The number of aromatic nitrogens is 1. The minimum absolute atomic E-state index is 0.0890. The Hall–Kier alpha value is -2.93. The van der Waals surface area contributed by atoms with Crippen molar-refractivity contribution < 1.29 is 4.79 Å². The zero-order valence-corrected chi connectivity index (χ0v) is 21.7. The summed E-state index contributed by atoms with van der Waals surface area (Å²) in [6.07, 6.45) is 4.84. The number of hydrazone groups is 1. The van der Waals surface area contributed by atoms with Gasteiger partial charge < -0.3 is 4.57 Å². The molecule has 7 heteroatoms. The Balaban J connectivity index is 1.67. The molecule has 178 valence electrons. The second kappa shape index (κ2) is 9.74. The molecule has 0 fully saturated rings. The first-order chi connectivity index (χ1) is 16.3. The minimum atomic E-state index is -0.382. The highest BCUT2D eigenvalue weighted by Gasteiger charge is 2.37. The first kappa shape index (κ1) is 24.2. The lowest BCUT2D eigenvalue weighted by molar-refractivity contribution is -0.114. The van der Waals surface area contributed by atoms with E-state index in [4.69, 9.17) is 5.41 Å². The number of nitrogens with zero attached hydrogens (tertiary/aromatic N) is 4. The van der Waals surface area contributed by atoms with Crippen LogP contribution in [0.1, 0.15) is 75.4 Å². The van der Waals surface area contributed by atoms with Gasteiger partial charge in [-0.15, -0.1) is 0 Å². The van der Waals surface area contributed by atoms with Gasteiger partial charge in [-0.2, -0.15) is 15.1 Å². The lowest BCUT2D eigenvalue weighted by Gasteiger charge is -2.20. The molecule has 6 nitrogen and oxygen atoms in total. The van der Waals surface area contributed by atoms with Crippen molar-refractivity contribution in [2.75, 3.05) is 0 Å². The van der Waals surface area contributed by atoms with E-state index in [0.717, 1.165) is 46.9 Å². The van der Waals surface area contributed by atoms with Crippen molar-refractivity contribution >= 4 is 39.8 Å². The van der Waals surface area contributed by atoms with E-state index in [2.05, 4.69) is 79.6 Å². The highest BCUT2D eigenvalue weighted by molar-refractivity contribution is 8.27. The number of fused-ring (bicyclic) bond motifs is 1. The third-order valence-corrected chi connectivity index (χ3v) is 7.98. The Bertz CT molecular complexity index is 1210. The van der Waals surface area contributed by atoms with Gasteiger partial charge in [0, 0.05) is 23.0 Å². The van der Waals surface area contributed by atoms with Gasteiger partial charge >= 0.3 is 0 Å². The summed E-state index contributed by atoms with van der Waals surface area (Å²) in [5, 5.41) is 16.3. The van der Waals surface area contributed by atoms with Crippen molar-refractivity contribution in [3.63, 3.8) is 0 Å². The fraction of sp³-hybridized carbons (Fsp3) is 0.407. The van der Waals surface area contributed by atoms with Crippen molar-refractivity contribution in [1.29, 1.82) is 5.41 Å². The molecule has 1 aromatic carbocycles. The molecular formula is C27H33N5OS. The smallest absolute Gasteiger partial charge is 0.283 e. The second-order valence-electron chi connectivity index (χ2n) is 9.03. The molecule has 0 aliphatic carbocycles. The molecule has 0 spiro atoms. The summed E-state index contributed by atoms with van der Waals surface area (Å²) in [5.41, 5.74) is 5.70. The Kier molecular flexibility index (Phi) is 6.94. The molecule has 2 aliphatic rings. The molecular weight excluding hydrogens is 442 g/mol. The first-order valence-electron chi connectivity index (χ1n) is 12.1. The quantitative estimate of drug-likeness (QED) is 0.455. The number of thioether (sulfide) groups is 1. The Labute approximate surface area is 206 Å². The summed E-state index contributed by atoms with van der Waals surface area (Å²) in [6.45, 7) is 12.8. The van der Waals surface area contributed by atoms with Crippen molar-refractivity contribution in [3.8, 4) is 5.69 Å². The maximum Gasteiger partial charge on any atom is 0.283 e. The van der Waals surface area contributed by atoms with E-state index in [1.807, 2.05) is 6.92 Å². The number of hydrogen-bond donors (Lipinski definition) is 1. The highest BCUT2D eigenvalue weighted by Crippen LogP contribution is 2.33. The molecule has 2 aromatic rings. The fourth-order valence-electron chi connectivity index (χ4n) is 4.48. The maximum absolute atomic E-state index is 12.9. The number of carbonyl (C=O) groups is 1. The zero-order valence-electron chi connectivity index (χ0n) is 20.8. The van der Waals surface area contributed by atoms with Gasteiger partial charge in [0.15, 0.2) is 5.84 Å². The van der Waals surface area contributed by atoms with Gasteiger partial charge in [0.2, 0.25) is 5.17 Å². The van der Waals surface area contributed by atoms with Crippen LogP contribution in [0.4, 0.5) is 0 Å². The number of aliphatic imine (C=N–C) groups is 1. The fourth-order valence-corrected chi connectivity index (χ4v) is 5.64. The van der Waals surface area contributed by atoms with Crippen molar-refractivity contribution in [2.24, 2.45) is 16.0 Å². The molecule has 2 aliphatic heterocycles. The molecule has 4 rings (SSSR count). The van der Waals surface area contributed by atoms with Crippen molar-refractivity contribution in [3.05, 3.63) is 58.4 Å². The predicted octanol–water partition coefficient (Wildman–Crippen LogP) is 6.66. The van der Waals surface area contributed by atoms with Crippen LogP contribution in [-0.2, 0) is 4.79 Å². The van der Waals surface area contributed by atoms with Crippen LogP contribution in [0, 0.1) is 25.2 Å². The van der Waals surface area contributed by atoms with Crippen LogP contribution in [0.3, 0.4) is 0 Å². The number of amidine groups is 2. The van der Waals surface area contributed by atoms with Gasteiger partial charge in [0.1, 0.15) is 5.04 Å². The topological polar surface area (TPSA) is 73.8 Å². The SMILES string of the molecule is CCC(CC)C1=NN2C(=N)C(=Cc3cc(C)n(-c4ccc(C(C)CC)cc4)c3C)C(=O)N=C2S1. The number of benzene rings is 1. The number of nitrogens with one attached hydrogen (secondary N) is 1.